The molecule has 1 rings (SSSR count). The third kappa shape index (κ3) is 7.71. The molecule has 0 atom stereocenters. The molecule has 0 unspecified atom stereocenters. The second-order valence-electron chi connectivity index (χ2n) is 4.68. The van der Waals surface area contributed by atoms with Crippen molar-refractivity contribution in [1.82, 2.24) is 16.0 Å². The number of rotatable bonds is 8. The molecule has 136 valence electrons. The smallest absolute Gasteiger partial charge is 0.239 e. The zero-order valence-electron chi connectivity index (χ0n) is 14.6. The topological polar surface area (TPSA) is 84.0 Å². The Labute approximate surface area is 160 Å². The quantitative estimate of drug-likeness (QED) is 0.318. The van der Waals surface area contributed by atoms with E-state index in [1.54, 1.807) is 14.2 Å². The van der Waals surface area contributed by atoms with E-state index in [4.69, 9.17) is 9.47 Å². The number of guanidine groups is 1. The number of nitrogens with one attached hydrogen (secondary N) is 3. The van der Waals surface area contributed by atoms with E-state index in [0.29, 0.717) is 31.3 Å². The Hall–Kier alpha value is -1.71. The van der Waals surface area contributed by atoms with Crippen molar-refractivity contribution in [3.05, 3.63) is 23.8 Å². The maximum Gasteiger partial charge on any atom is 0.239 e. The molecule has 0 radical (unpaired) electrons. The molecule has 0 aliphatic rings. The second kappa shape index (κ2) is 12.7. The summed E-state index contributed by atoms with van der Waals surface area (Å²) in [7, 11) is 3.22. The molecule has 8 heteroatoms. The van der Waals surface area contributed by atoms with Crippen LogP contribution >= 0.6 is 24.0 Å². The molecule has 0 bridgehead atoms. The molecule has 0 fully saturated rings. The first-order chi connectivity index (χ1) is 11.1. The van der Waals surface area contributed by atoms with Gasteiger partial charge in [-0.05, 0) is 26.0 Å². The number of amides is 1. The lowest BCUT2D eigenvalue weighted by Gasteiger charge is -2.12. The van der Waals surface area contributed by atoms with Gasteiger partial charge in [-0.3, -0.25) is 4.79 Å². The summed E-state index contributed by atoms with van der Waals surface area (Å²) in [5, 5.41) is 8.83. The minimum atomic E-state index is -0.0693. The highest BCUT2D eigenvalue weighted by atomic mass is 127. The molecule has 0 spiro atoms. The number of halogens is 1. The number of benzene rings is 1. The summed E-state index contributed by atoms with van der Waals surface area (Å²) in [6.07, 6.45) is 0. The van der Waals surface area contributed by atoms with Gasteiger partial charge in [-0.15, -0.1) is 24.0 Å². The number of methoxy groups -OCH3 is 2. The van der Waals surface area contributed by atoms with Gasteiger partial charge >= 0.3 is 0 Å². The fourth-order valence-electron chi connectivity index (χ4n) is 1.91. The maximum absolute atomic E-state index is 11.5. The average Bonchev–Trinajstić information content (AvgIpc) is 2.57. The molecule has 1 aromatic carbocycles. The number of carbonyl (C=O) groups excluding carboxylic acids is 1. The summed E-state index contributed by atoms with van der Waals surface area (Å²) in [6.45, 7) is 5.78. The minimum absolute atomic E-state index is 0. The molecular formula is C16H27IN4O3. The first kappa shape index (κ1) is 22.3. The molecule has 7 nitrogen and oxygen atoms in total. The van der Waals surface area contributed by atoms with E-state index in [0.717, 1.165) is 11.3 Å². The Balaban J connectivity index is 0.00000529. The van der Waals surface area contributed by atoms with Crippen molar-refractivity contribution < 1.29 is 14.3 Å². The Morgan fingerprint density at radius 3 is 2.38 bits per heavy atom. The van der Waals surface area contributed by atoms with Gasteiger partial charge in [0, 0.05) is 24.7 Å². The predicted molar refractivity (Wildman–Crippen MR) is 106 cm³/mol. The number of carbonyl (C=O) groups is 1. The highest BCUT2D eigenvalue weighted by molar-refractivity contribution is 14.0. The number of ether oxygens (including phenoxy) is 2. The van der Waals surface area contributed by atoms with Gasteiger partial charge in [0.25, 0.3) is 0 Å². The Morgan fingerprint density at radius 1 is 1.08 bits per heavy atom. The van der Waals surface area contributed by atoms with Crippen LogP contribution in [0.4, 0.5) is 0 Å². The molecule has 0 aliphatic heterocycles. The fourth-order valence-corrected chi connectivity index (χ4v) is 1.91. The lowest BCUT2D eigenvalue weighted by molar-refractivity contribution is -0.119. The van der Waals surface area contributed by atoms with Crippen LogP contribution in [-0.4, -0.2) is 45.7 Å². The molecule has 0 saturated heterocycles. The van der Waals surface area contributed by atoms with Gasteiger partial charge in [0.2, 0.25) is 5.91 Å². The zero-order chi connectivity index (χ0) is 17.1. The van der Waals surface area contributed by atoms with Gasteiger partial charge in [-0.1, -0.05) is 0 Å². The van der Waals surface area contributed by atoms with Crippen LogP contribution in [0.2, 0.25) is 0 Å². The van der Waals surface area contributed by atoms with E-state index < -0.39 is 0 Å². The van der Waals surface area contributed by atoms with E-state index >= 15 is 0 Å². The average molecular weight is 450 g/mol. The normalized spacial score (nSPS) is 10.4. The van der Waals surface area contributed by atoms with Gasteiger partial charge in [0.05, 0.1) is 27.3 Å². The maximum atomic E-state index is 11.5. The van der Waals surface area contributed by atoms with Crippen molar-refractivity contribution in [2.24, 2.45) is 4.99 Å². The van der Waals surface area contributed by atoms with E-state index in [9.17, 15) is 4.79 Å². The number of likely N-dealkylation sites (N-methyl/N-ethyl adjacent to an activating group) is 1. The Morgan fingerprint density at radius 2 is 1.79 bits per heavy atom. The minimum Gasteiger partial charge on any atom is -0.497 e. The van der Waals surface area contributed by atoms with Crippen LogP contribution in [0.3, 0.4) is 0 Å². The predicted octanol–water partition coefficient (Wildman–Crippen LogP) is 1.51. The first-order valence-corrected chi connectivity index (χ1v) is 7.64. The molecule has 24 heavy (non-hydrogen) atoms. The summed E-state index contributed by atoms with van der Waals surface area (Å²) in [4.78, 5) is 16.0. The van der Waals surface area contributed by atoms with Crippen LogP contribution in [-0.2, 0) is 11.3 Å². The van der Waals surface area contributed by atoms with Gasteiger partial charge in [0.1, 0.15) is 11.5 Å². The van der Waals surface area contributed by atoms with Crippen molar-refractivity contribution >= 4 is 35.8 Å². The van der Waals surface area contributed by atoms with Crippen LogP contribution in [0, 0.1) is 0 Å². The van der Waals surface area contributed by atoms with Gasteiger partial charge in [-0.25, -0.2) is 4.99 Å². The summed E-state index contributed by atoms with van der Waals surface area (Å²) in [6, 6.07) is 5.59. The van der Waals surface area contributed by atoms with E-state index in [2.05, 4.69) is 20.9 Å². The second-order valence-corrected chi connectivity index (χ2v) is 4.68. The highest BCUT2D eigenvalue weighted by Gasteiger charge is 2.06. The van der Waals surface area contributed by atoms with Crippen LogP contribution in [0.25, 0.3) is 0 Å². The highest BCUT2D eigenvalue weighted by Crippen LogP contribution is 2.25. The molecule has 0 heterocycles. The number of nitrogens with zero attached hydrogens (tertiary/aromatic N) is 1. The van der Waals surface area contributed by atoms with Crippen LogP contribution in [0.15, 0.2) is 23.2 Å². The summed E-state index contributed by atoms with van der Waals surface area (Å²) < 4.78 is 10.5. The monoisotopic (exact) mass is 450 g/mol. The van der Waals surface area contributed by atoms with E-state index in [1.807, 2.05) is 32.0 Å². The third-order valence-electron chi connectivity index (χ3n) is 3.04. The SMILES string of the molecule is CCNC(=O)CNC(=NCc1ccc(OC)cc1OC)NCC.I. The van der Waals surface area contributed by atoms with Crippen molar-refractivity contribution in [3.8, 4) is 11.5 Å². The van der Waals surface area contributed by atoms with Gasteiger partial charge in [-0.2, -0.15) is 0 Å². The Bertz CT molecular complexity index is 538. The van der Waals surface area contributed by atoms with Gasteiger partial charge < -0.3 is 25.4 Å². The fraction of sp³-hybridized carbons (Fsp3) is 0.500. The molecule has 1 aromatic rings. The number of aliphatic imine (C=N–C) groups is 1. The third-order valence-corrected chi connectivity index (χ3v) is 3.04. The standard InChI is InChI=1S/C16H26N4O3.HI/c1-5-17-15(21)11-20-16(18-6-2)19-10-12-7-8-13(22-3)9-14(12)23-4;/h7-9H,5-6,10-11H2,1-4H3,(H,17,21)(H2,18,19,20);1H. The van der Waals surface area contributed by atoms with E-state index in [1.165, 1.54) is 0 Å². The van der Waals surface area contributed by atoms with Crippen molar-refractivity contribution in [3.63, 3.8) is 0 Å². The van der Waals surface area contributed by atoms with Crippen LogP contribution < -0.4 is 25.4 Å². The largest absolute Gasteiger partial charge is 0.497 e. The molecular weight excluding hydrogens is 423 g/mol. The molecule has 0 saturated carbocycles. The molecule has 3 N–H and O–H groups in total. The van der Waals surface area contributed by atoms with Gasteiger partial charge in [0.15, 0.2) is 5.96 Å². The van der Waals surface area contributed by atoms with Crippen LogP contribution in [0.1, 0.15) is 19.4 Å². The first-order valence-electron chi connectivity index (χ1n) is 7.64. The lowest BCUT2D eigenvalue weighted by atomic mass is 10.2. The summed E-state index contributed by atoms with van der Waals surface area (Å²) in [5.74, 6) is 1.96. The van der Waals surface area contributed by atoms with Crippen molar-refractivity contribution in [2.45, 2.75) is 20.4 Å². The Kier molecular flexibility index (Phi) is 11.8. The zero-order valence-corrected chi connectivity index (χ0v) is 17.0. The summed E-state index contributed by atoms with van der Waals surface area (Å²) in [5.41, 5.74) is 0.934. The van der Waals surface area contributed by atoms with Crippen molar-refractivity contribution in [1.29, 1.82) is 0 Å². The molecule has 1 amide bonds. The molecule has 0 aliphatic carbocycles. The van der Waals surface area contributed by atoms with Crippen LogP contribution in [0.5, 0.6) is 11.5 Å². The van der Waals surface area contributed by atoms with E-state index in [-0.39, 0.29) is 36.4 Å². The van der Waals surface area contributed by atoms with Crippen molar-refractivity contribution in [2.75, 3.05) is 33.9 Å². The summed E-state index contributed by atoms with van der Waals surface area (Å²) >= 11 is 0. The molecule has 0 aromatic heterocycles. The number of hydrogen-bond acceptors (Lipinski definition) is 4. The lowest BCUT2D eigenvalue weighted by Crippen LogP contribution is -2.43. The number of hydrogen-bond donors (Lipinski definition) is 3.